The van der Waals surface area contributed by atoms with Crippen LogP contribution >= 0.6 is 11.3 Å². The summed E-state index contributed by atoms with van der Waals surface area (Å²) >= 11 is 1.67. The van der Waals surface area contributed by atoms with E-state index in [2.05, 4.69) is 10.3 Å². The second-order valence-corrected chi connectivity index (χ2v) is 5.61. The van der Waals surface area contributed by atoms with E-state index in [4.69, 9.17) is 0 Å². The fraction of sp³-hybridized carbons (Fsp3) is 0.154. The van der Waals surface area contributed by atoms with Crippen LogP contribution in [0.3, 0.4) is 0 Å². The minimum atomic E-state index is -0.962. The molecular weight excluding hydrogens is 262 g/mol. The zero-order valence-electron chi connectivity index (χ0n) is 10.2. The topological polar surface area (TPSA) is 68.0 Å². The minimum absolute atomic E-state index is 0.232. The lowest BCUT2D eigenvalue weighted by Crippen LogP contribution is -2.05. The van der Waals surface area contributed by atoms with E-state index >= 15 is 0 Å². The van der Waals surface area contributed by atoms with Gasteiger partial charge in [-0.3, -0.25) is 0 Å². The fourth-order valence-electron chi connectivity index (χ4n) is 2.03. The summed E-state index contributed by atoms with van der Waals surface area (Å²) < 4.78 is 1.64. The predicted octanol–water partition coefficient (Wildman–Crippen LogP) is 2.55. The first-order chi connectivity index (χ1) is 9.15. The molecule has 2 heterocycles. The molecule has 0 aliphatic carbocycles. The first-order valence-electron chi connectivity index (χ1n) is 5.76. The summed E-state index contributed by atoms with van der Waals surface area (Å²) in [6, 6.07) is 9.09. The largest absolute Gasteiger partial charge is 0.478 e. The van der Waals surface area contributed by atoms with Crippen LogP contribution in [0.4, 0.5) is 0 Å². The van der Waals surface area contributed by atoms with E-state index in [1.165, 1.54) is 4.88 Å². The van der Waals surface area contributed by atoms with Crippen molar-refractivity contribution in [2.75, 3.05) is 0 Å². The SMILES string of the molecule is Cc1ccc(Cn2nnc3cccc(C(=O)O)c32)s1. The standard InChI is InChI=1S/C13H11N3O2S/c1-8-5-6-9(19-8)7-16-12-10(13(17)18)3-2-4-11(12)14-15-16/h2-6H,7H2,1H3,(H,17,18). The number of hydrogen-bond donors (Lipinski definition) is 1. The third-order valence-corrected chi connectivity index (χ3v) is 3.85. The van der Waals surface area contributed by atoms with Gasteiger partial charge in [-0.1, -0.05) is 11.3 Å². The Bertz CT molecular complexity index is 760. The summed E-state index contributed by atoms with van der Waals surface area (Å²) in [5.74, 6) is -0.962. The van der Waals surface area contributed by atoms with E-state index in [0.717, 1.165) is 4.88 Å². The monoisotopic (exact) mass is 273 g/mol. The number of rotatable bonds is 3. The molecule has 2 aromatic heterocycles. The predicted molar refractivity (Wildman–Crippen MR) is 72.6 cm³/mol. The van der Waals surface area contributed by atoms with Crippen molar-refractivity contribution in [2.24, 2.45) is 0 Å². The molecule has 1 aromatic carbocycles. The number of carboxylic acid groups (broad SMARTS) is 1. The van der Waals surface area contributed by atoms with Crippen LogP contribution < -0.4 is 0 Å². The van der Waals surface area contributed by atoms with Gasteiger partial charge in [-0.25, -0.2) is 9.48 Å². The number of carbonyl (C=O) groups is 1. The van der Waals surface area contributed by atoms with Crippen molar-refractivity contribution in [3.8, 4) is 0 Å². The molecule has 0 atom stereocenters. The Morgan fingerprint density at radius 2 is 2.21 bits per heavy atom. The Balaban J connectivity index is 2.11. The van der Waals surface area contributed by atoms with Gasteiger partial charge in [0.2, 0.25) is 0 Å². The van der Waals surface area contributed by atoms with Gasteiger partial charge in [0, 0.05) is 9.75 Å². The van der Waals surface area contributed by atoms with Gasteiger partial charge in [0.25, 0.3) is 0 Å². The third-order valence-electron chi connectivity index (χ3n) is 2.87. The molecule has 0 radical (unpaired) electrons. The van der Waals surface area contributed by atoms with Crippen LogP contribution in [-0.2, 0) is 6.54 Å². The van der Waals surface area contributed by atoms with Crippen molar-refractivity contribution in [1.29, 1.82) is 0 Å². The Labute approximate surface area is 113 Å². The maximum absolute atomic E-state index is 11.3. The molecule has 3 rings (SSSR count). The van der Waals surface area contributed by atoms with Crippen molar-refractivity contribution >= 4 is 28.3 Å². The van der Waals surface area contributed by atoms with E-state index in [0.29, 0.717) is 17.6 Å². The molecule has 0 unspecified atom stereocenters. The van der Waals surface area contributed by atoms with Gasteiger partial charge in [-0.2, -0.15) is 0 Å². The molecular formula is C13H11N3O2S. The summed E-state index contributed by atoms with van der Waals surface area (Å²) in [5.41, 5.74) is 1.41. The van der Waals surface area contributed by atoms with Gasteiger partial charge < -0.3 is 5.11 Å². The third kappa shape index (κ3) is 2.10. The van der Waals surface area contributed by atoms with Crippen LogP contribution in [0, 0.1) is 6.92 Å². The average molecular weight is 273 g/mol. The molecule has 0 aliphatic heterocycles. The second kappa shape index (κ2) is 4.47. The minimum Gasteiger partial charge on any atom is -0.478 e. The highest BCUT2D eigenvalue weighted by Gasteiger charge is 2.14. The summed E-state index contributed by atoms with van der Waals surface area (Å²) in [4.78, 5) is 13.6. The van der Waals surface area contributed by atoms with E-state index in [1.54, 1.807) is 34.2 Å². The zero-order valence-corrected chi connectivity index (χ0v) is 11.0. The summed E-state index contributed by atoms with van der Waals surface area (Å²) in [6.07, 6.45) is 0. The lowest BCUT2D eigenvalue weighted by Gasteiger charge is -2.02. The lowest BCUT2D eigenvalue weighted by molar-refractivity contribution is 0.0698. The van der Waals surface area contributed by atoms with Crippen LogP contribution in [0.25, 0.3) is 11.0 Å². The normalized spacial score (nSPS) is 11.0. The number of aryl methyl sites for hydroxylation is 1. The first kappa shape index (κ1) is 11.9. The molecule has 0 spiro atoms. The highest BCUT2D eigenvalue weighted by atomic mass is 32.1. The van der Waals surface area contributed by atoms with Crippen molar-refractivity contribution in [1.82, 2.24) is 15.0 Å². The van der Waals surface area contributed by atoms with Crippen molar-refractivity contribution < 1.29 is 9.90 Å². The number of aromatic nitrogens is 3. The molecule has 0 bridgehead atoms. The Morgan fingerprint density at radius 1 is 1.37 bits per heavy atom. The van der Waals surface area contributed by atoms with Gasteiger partial charge in [0.15, 0.2) is 0 Å². The van der Waals surface area contributed by atoms with Crippen molar-refractivity contribution in [2.45, 2.75) is 13.5 Å². The Hall–Kier alpha value is -2.21. The number of benzene rings is 1. The van der Waals surface area contributed by atoms with E-state index in [9.17, 15) is 9.90 Å². The number of carboxylic acids is 1. The van der Waals surface area contributed by atoms with Crippen LogP contribution in [0.2, 0.25) is 0 Å². The Morgan fingerprint density at radius 3 is 2.89 bits per heavy atom. The van der Waals surface area contributed by atoms with Crippen molar-refractivity contribution in [3.05, 3.63) is 45.6 Å². The second-order valence-electron chi connectivity index (χ2n) is 4.24. The lowest BCUT2D eigenvalue weighted by atomic mass is 10.2. The van der Waals surface area contributed by atoms with Crippen LogP contribution in [0.1, 0.15) is 20.1 Å². The molecule has 96 valence electrons. The van der Waals surface area contributed by atoms with Crippen LogP contribution in [0.15, 0.2) is 30.3 Å². The zero-order chi connectivity index (χ0) is 13.4. The molecule has 6 heteroatoms. The quantitative estimate of drug-likeness (QED) is 0.796. The molecule has 5 nitrogen and oxygen atoms in total. The highest BCUT2D eigenvalue weighted by molar-refractivity contribution is 7.11. The summed E-state index contributed by atoms with van der Waals surface area (Å²) in [5, 5.41) is 17.3. The number of aromatic carboxylic acids is 1. The first-order valence-corrected chi connectivity index (χ1v) is 6.57. The van der Waals surface area contributed by atoms with Gasteiger partial charge >= 0.3 is 5.97 Å². The number of hydrogen-bond acceptors (Lipinski definition) is 4. The maximum atomic E-state index is 11.3. The van der Waals surface area contributed by atoms with Gasteiger partial charge in [-0.05, 0) is 31.2 Å². The molecule has 19 heavy (non-hydrogen) atoms. The van der Waals surface area contributed by atoms with Gasteiger partial charge in [0.1, 0.15) is 11.0 Å². The highest BCUT2D eigenvalue weighted by Crippen LogP contribution is 2.21. The van der Waals surface area contributed by atoms with E-state index < -0.39 is 5.97 Å². The number of para-hydroxylation sites is 1. The number of nitrogens with zero attached hydrogens (tertiary/aromatic N) is 3. The summed E-state index contributed by atoms with van der Waals surface area (Å²) in [6.45, 7) is 2.58. The Kier molecular flexibility index (Phi) is 2.79. The number of fused-ring (bicyclic) bond motifs is 1. The van der Waals surface area contributed by atoms with E-state index in [-0.39, 0.29) is 5.56 Å². The van der Waals surface area contributed by atoms with Crippen molar-refractivity contribution in [3.63, 3.8) is 0 Å². The molecule has 3 aromatic rings. The molecule has 0 fully saturated rings. The van der Waals surface area contributed by atoms with Crippen LogP contribution in [0.5, 0.6) is 0 Å². The van der Waals surface area contributed by atoms with Gasteiger partial charge in [-0.15, -0.1) is 16.4 Å². The van der Waals surface area contributed by atoms with Gasteiger partial charge in [0.05, 0.1) is 12.1 Å². The molecule has 0 saturated heterocycles. The fourth-order valence-corrected chi connectivity index (χ4v) is 2.90. The van der Waals surface area contributed by atoms with Crippen LogP contribution in [-0.4, -0.2) is 26.1 Å². The maximum Gasteiger partial charge on any atom is 0.337 e. The number of thiophene rings is 1. The van der Waals surface area contributed by atoms with E-state index in [1.807, 2.05) is 19.1 Å². The average Bonchev–Trinajstić information content (AvgIpc) is 2.97. The smallest absolute Gasteiger partial charge is 0.337 e. The summed E-state index contributed by atoms with van der Waals surface area (Å²) in [7, 11) is 0. The molecule has 0 saturated carbocycles. The molecule has 1 N–H and O–H groups in total. The molecule has 0 amide bonds. The molecule has 0 aliphatic rings.